The Hall–Kier alpha value is -2.02. The number of nitrogen functional groups attached to an aromatic ring is 1. The maximum absolute atomic E-state index is 10.6. The topological polar surface area (TPSA) is 76.2 Å². The lowest BCUT2D eigenvalue weighted by atomic mass is 10.1. The van der Waals surface area contributed by atoms with Gasteiger partial charge in [-0.2, -0.15) is 0 Å². The van der Waals surface area contributed by atoms with E-state index in [1.54, 1.807) is 0 Å². The number of pyridine rings is 1. The summed E-state index contributed by atoms with van der Waals surface area (Å²) in [4.78, 5) is 14.2. The summed E-state index contributed by atoms with van der Waals surface area (Å²) in [5.41, 5.74) is 5.49. The highest BCUT2D eigenvalue weighted by atomic mass is 16.4. The molecule has 0 aliphatic carbocycles. The monoisotopic (exact) mass is 162 g/mol. The zero-order chi connectivity index (χ0) is 9.14. The number of aromatic carboxylic acids is 1. The maximum atomic E-state index is 10.6. The van der Waals surface area contributed by atoms with Crippen molar-refractivity contribution in [2.75, 3.05) is 5.73 Å². The fourth-order valence-electron chi connectivity index (χ4n) is 0.808. The summed E-state index contributed by atoms with van der Waals surface area (Å²) in [6.45, 7) is 0. The van der Waals surface area contributed by atoms with Gasteiger partial charge in [-0.15, -0.1) is 6.42 Å². The van der Waals surface area contributed by atoms with Crippen molar-refractivity contribution in [3.63, 3.8) is 0 Å². The second kappa shape index (κ2) is 2.93. The predicted molar refractivity (Wildman–Crippen MR) is 43.5 cm³/mol. The molecule has 1 rings (SSSR count). The highest BCUT2D eigenvalue weighted by Crippen LogP contribution is 2.12. The summed E-state index contributed by atoms with van der Waals surface area (Å²) in [5.74, 6) is 1.14. The summed E-state index contributed by atoms with van der Waals surface area (Å²) in [6.07, 6.45) is 6.36. The molecule has 4 heteroatoms. The van der Waals surface area contributed by atoms with E-state index in [4.69, 9.17) is 17.3 Å². The molecule has 1 aromatic rings. The summed E-state index contributed by atoms with van der Waals surface area (Å²) < 4.78 is 0. The van der Waals surface area contributed by atoms with Crippen molar-refractivity contribution in [2.24, 2.45) is 0 Å². The zero-order valence-electron chi connectivity index (χ0n) is 6.11. The van der Waals surface area contributed by atoms with Crippen LogP contribution in [0.4, 0.5) is 5.82 Å². The highest BCUT2D eigenvalue weighted by molar-refractivity contribution is 5.92. The van der Waals surface area contributed by atoms with Gasteiger partial charge in [-0.3, -0.25) is 0 Å². The molecule has 0 unspecified atom stereocenters. The lowest BCUT2D eigenvalue weighted by Gasteiger charge is -2.00. The van der Waals surface area contributed by atoms with E-state index < -0.39 is 5.97 Å². The molecule has 0 spiro atoms. The first-order chi connectivity index (χ1) is 5.66. The van der Waals surface area contributed by atoms with E-state index in [2.05, 4.69) is 10.9 Å². The minimum absolute atomic E-state index is 0.00463. The minimum atomic E-state index is -1.10. The molecule has 0 radical (unpaired) electrons. The van der Waals surface area contributed by atoms with Crippen LogP contribution in [0.2, 0.25) is 0 Å². The molecule has 0 aliphatic heterocycles. The molecule has 0 amide bonds. The standard InChI is InChI=1S/C8H6N2O2/c1-2-5-6(8(11)12)3-4-10-7(5)9/h1,3-4H,(H2,9,10)(H,11,12). The van der Waals surface area contributed by atoms with Crippen molar-refractivity contribution >= 4 is 11.8 Å². The van der Waals surface area contributed by atoms with Crippen LogP contribution in [0.25, 0.3) is 0 Å². The minimum Gasteiger partial charge on any atom is -0.478 e. The molecule has 1 heterocycles. The third-order valence-electron chi connectivity index (χ3n) is 1.36. The number of carboxylic acid groups (broad SMARTS) is 1. The second-order valence-corrected chi connectivity index (χ2v) is 2.07. The lowest BCUT2D eigenvalue weighted by molar-refractivity contribution is 0.0696. The Bertz CT molecular complexity index is 366. The fraction of sp³-hybridized carbons (Fsp3) is 0. The number of aromatic nitrogens is 1. The van der Waals surface area contributed by atoms with Crippen LogP contribution in [0, 0.1) is 12.3 Å². The molecule has 3 N–H and O–H groups in total. The molecule has 0 atom stereocenters. The molecule has 60 valence electrons. The summed E-state index contributed by atoms with van der Waals surface area (Å²) in [6, 6.07) is 1.31. The third kappa shape index (κ3) is 1.20. The van der Waals surface area contributed by atoms with Gasteiger partial charge in [0.2, 0.25) is 0 Å². The van der Waals surface area contributed by atoms with E-state index in [0.29, 0.717) is 0 Å². The first kappa shape index (κ1) is 8.08. The third-order valence-corrected chi connectivity index (χ3v) is 1.36. The molecule has 1 aromatic heterocycles. The maximum Gasteiger partial charge on any atom is 0.337 e. The van der Waals surface area contributed by atoms with Gasteiger partial charge in [-0.1, -0.05) is 5.92 Å². The molecule has 12 heavy (non-hydrogen) atoms. The van der Waals surface area contributed by atoms with Gasteiger partial charge in [-0.05, 0) is 6.07 Å². The van der Waals surface area contributed by atoms with E-state index in [0.717, 1.165) is 0 Å². The normalized spacial score (nSPS) is 8.92. The van der Waals surface area contributed by atoms with Gasteiger partial charge in [0.15, 0.2) is 0 Å². The second-order valence-electron chi connectivity index (χ2n) is 2.07. The Morgan fingerprint density at radius 2 is 2.42 bits per heavy atom. The summed E-state index contributed by atoms with van der Waals surface area (Å²) in [5, 5.41) is 8.64. The molecule has 0 bridgehead atoms. The van der Waals surface area contributed by atoms with Crippen molar-refractivity contribution in [3.05, 3.63) is 23.4 Å². The number of rotatable bonds is 1. The number of carboxylic acids is 1. The van der Waals surface area contributed by atoms with Crippen molar-refractivity contribution in [1.29, 1.82) is 0 Å². The number of hydrogen-bond donors (Lipinski definition) is 2. The average molecular weight is 162 g/mol. The molecule has 0 saturated carbocycles. The van der Waals surface area contributed by atoms with Gasteiger partial charge in [0, 0.05) is 6.20 Å². The van der Waals surface area contributed by atoms with Gasteiger partial charge >= 0.3 is 5.97 Å². The summed E-state index contributed by atoms with van der Waals surface area (Å²) in [7, 11) is 0. The summed E-state index contributed by atoms with van der Waals surface area (Å²) >= 11 is 0. The molecule has 4 nitrogen and oxygen atoms in total. The van der Waals surface area contributed by atoms with Crippen molar-refractivity contribution in [2.45, 2.75) is 0 Å². The van der Waals surface area contributed by atoms with Crippen LogP contribution in [0.1, 0.15) is 15.9 Å². The first-order valence-electron chi connectivity index (χ1n) is 3.11. The molecule has 0 saturated heterocycles. The van der Waals surface area contributed by atoms with Crippen LogP contribution in [0.5, 0.6) is 0 Å². The van der Waals surface area contributed by atoms with Crippen LogP contribution in [0.3, 0.4) is 0 Å². The van der Waals surface area contributed by atoms with Gasteiger partial charge in [0.05, 0.1) is 11.1 Å². The first-order valence-corrected chi connectivity index (χ1v) is 3.11. The van der Waals surface area contributed by atoms with Gasteiger partial charge in [-0.25, -0.2) is 9.78 Å². The Labute approximate surface area is 69.0 Å². The SMILES string of the molecule is C#Cc1c(C(=O)O)ccnc1N. The van der Waals surface area contributed by atoms with Crippen molar-refractivity contribution in [1.82, 2.24) is 4.98 Å². The molecular weight excluding hydrogens is 156 g/mol. The predicted octanol–water partition coefficient (Wildman–Crippen LogP) is 0.343. The lowest BCUT2D eigenvalue weighted by Crippen LogP contribution is -2.04. The van der Waals surface area contributed by atoms with Gasteiger partial charge in [0.25, 0.3) is 0 Å². The quantitative estimate of drug-likeness (QED) is 0.584. The van der Waals surface area contributed by atoms with Crippen LogP contribution < -0.4 is 5.73 Å². The van der Waals surface area contributed by atoms with Crippen LogP contribution >= 0.6 is 0 Å². The largest absolute Gasteiger partial charge is 0.478 e. The van der Waals surface area contributed by atoms with E-state index in [1.807, 2.05) is 0 Å². The van der Waals surface area contributed by atoms with Crippen molar-refractivity contribution < 1.29 is 9.90 Å². The number of nitrogens with zero attached hydrogens (tertiary/aromatic N) is 1. The van der Waals surface area contributed by atoms with Crippen molar-refractivity contribution in [3.8, 4) is 12.3 Å². The van der Waals surface area contributed by atoms with E-state index in [-0.39, 0.29) is 16.9 Å². The van der Waals surface area contributed by atoms with Crippen LogP contribution in [-0.4, -0.2) is 16.1 Å². The Morgan fingerprint density at radius 3 is 2.83 bits per heavy atom. The number of hydrogen-bond acceptors (Lipinski definition) is 3. The van der Waals surface area contributed by atoms with E-state index in [1.165, 1.54) is 12.3 Å². The molecule has 0 aromatic carbocycles. The Kier molecular flexibility index (Phi) is 1.97. The Morgan fingerprint density at radius 1 is 1.75 bits per heavy atom. The number of anilines is 1. The van der Waals surface area contributed by atoms with E-state index >= 15 is 0 Å². The van der Waals surface area contributed by atoms with Gasteiger partial charge in [0.1, 0.15) is 5.82 Å². The highest BCUT2D eigenvalue weighted by Gasteiger charge is 2.10. The molecule has 0 fully saturated rings. The average Bonchev–Trinajstić information content (AvgIpc) is 2.03. The Balaban J connectivity index is 3.40. The fourth-order valence-corrected chi connectivity index (χ4v) is 0.808. The number of nitrogens with two attached hydrogens (primary N) is 1. The van der Waals surface area contributed by atoms with E-state index in [9.17, 15) is 4.79 Å². The zero-order valence-corrected chi connectivity index (χ0v) is 6.11. The van der Waals surface area contributed by atoms with Crippen LogP contribution in [-0.2, 0) is 0 Å². The number of carbonyl (C=O) groups is 1. The van der Waals surface area contributed by atoms with Gasteiger partial charge < -0.3 is 10.8 Å². The molecule has 0 aliphatic rings. The number of terminal acetylenes is 1. The smallest absolute Gasteiger partial charge is 0.337 e. The van der Waals surface area contributed by atoms with Crippen LogP contribution in [0.15, 0.2) is 12.3 Å². The molecular formula is C8H6N2O2.